The average molecular weight is 401 g/mol. The van der Waals surface area contributed by atoms with Crippen LogP contribution < -0.4 is 19.5 Å². The summed E-state index contributed by atoms with van der Waals surface area (Å²) in [7, 11) is 3.03. The van der Waals surface area contributed by atoms with Crippen molar-refractivity contribution in [3.05, 3.63) is 53.6 Å². The molecule has 0 aliphatic rings. The molecule has 0 aromatic heterocycles. The third-order valence-corrected chi connectivity index (χ3v) is 4.22. The van der Waals surface area contributed by atoms with Crippen molar-refractivity contribution >= 4 is 11.9 Å². The molecule has 1 atom stereocenters. The Morgan fingerprint density at radius 2 is 1.62 bits per heavy atom. The van der Waals surface area contributed by atoms with Crippen molar-refractivity contribution in [1.29, 1.82) is 0 Å². The molecule has 0 radical (unpaired) electrons. The van der Waals surface area contributed by atoms with Crippen LogP contribution in [0.3, 0.4) is 0 Å². The van der Waals surface area contributed by atoms with Gasteiger partial charge in [0, 0.05) is 5.56 Å². The molecule has 0 fully saturated rings. The molecule has 29 heavy (non-hydrogen) atoms. The molecule has 2 aromatic carbocycles. The van der Waals surface area contributed by atoms with Crippen molar-refractivity contribution < 1.29 is 28.5 Å². The number of hydrogen-bond donors (Lipinski definition) is 1. The van der Waals surface area contributed by atoms with Crippen molar-refractivity contribution in [3.8, 4) is 17.2 Å². The second-order valence-electron chi connectivity index (χ2n) is 6.11. The predicted octanol–water partition coefficient (Wildman–Crippen LogP) is 3.53. The van der Waals surface area contributed by atoms with Crippen LogP contribution in [-0.2, 0) is 9.53 Å². The highest BCUT2D eigenvalue weighted by Crippen LogP contribution is 2.28. The van der Waals surface area contributed by atoms with Gasteiger partial charge in [0.15, 0.2) is 11.5 Å². The Bertz CT molecular complexity index is 819. The number of nitrogens with one attached hydrogen (secondary N) is 1. The lowest BCUT2D eigenvalue weighted by Crippen LogP contribution is -2.30. The number of amides is 1. The summed E-state index contributed by atoms with van der Waals surface area (Å²) in [6.45, 7) is 4.48. The highest BCUT2D eigenvalue weighted by Gasteiger charge is 2.21. The summed E-state index contributed by atoms with van der Waals surface area (Å²) in [4.78, 5) is 24.9. The molecule has 0 spiro atoms. The summed E-state index contributed by atoms with van der Waals surface area (Å²) in [5.41, 5.74) is 1.16. The van der Waals surface area contributed by atoms with Crippen LogP contribution in [0.1, 0.15) is 42.2 Å². The maximum absolute atomic E-state index is 12.8. The number of esters is 1. The van der Waals surface area contributed by atoms with Gasteiger partial charge in [-0.25, -0.2) is 0 Å². The first-order chi connectivity index (χ1) is 14.0. The van der Waals surface area contributed by atoms with E-state index in [1.165, 1.54) is 14.2 Å². The molecule has 0 saturated heterocycles. The van der Waals surface area contributed by atoms with Gasteiger partial charge in [-0.2, -0.15) is 0 Å². The quantitative estimate of drug-likeness (QED) is 0.613. The van der Waals surface area contributed by atoms with E-state index in [1.54, 1.807) is 37.3 Å². The molecule has 2 aromatic rings. The zero-order valence-electron chi connectivity index (χ0n) is 17.2. The summed E-state index contributed by atoms with van der Waals surface area (Å²) in [5.74, 6) is 0.965. The molecule has 1 amide bonds. The number of rotatable bonds is 10. The Kier molecular flexibility index (Phi) is 8.33. The van der Waals surface area contributed by atoms with Crippen LogP contribution in [-0.4, -0.2) is 39.3 Å². The second kappa shape index (κ2) is 10.9. The third kappa shape index (κ3) is 6.14. The van der Waals surface area contributed by atoms with E-state index in [9.17, 15) is 9.59 Å². The lowest BCUT2D eigenvalue weighted by atomic mass is 10.0. The molecule has 0 unspecified atom stereocenters. The maximum Gasteiger partial charge on any atom is 0.308 e. The molecule has 0 saturated carbocycles. The van der Waals surface area contributed by atoms with Crippen molar-refractivity contribution in [2.75, 3.05) is 27.4 Å². The Balaban J connectivity index is 2.24. The average Bonchev–Trinajstić information content (AvgIpc) is 2.73. The zero-order chi connectivity index (χ0) is 21.2. The summed E-state index contributed by atoms with van der Waals surface area (Å²) in [6.07, 6.45) is 0.0147. The fourth-order valence-corrected chi connectivity index (χ4v) is 2.82. The molecular weight excluding hydrogens is 374 g/mol. The number of carbonyl (C=O) groups excluding carboxylic acids is 2. The molecular formula is C22H27NO6. The van der Waals surface area contributed by atoms with Crippen molar-refractivity contribution in [3.63, 3.8) is 0 Å². The van der Waals surface area contributed by atoms with Crippen molar-refractivity contribution in [2.24, 2.45) is 0 Å². The number of benzene rings is 2. The van der Waals surface area contributed by atoms with Gasteiger partial charge < -0.3 is 24.3 Å². The standard InChI is InChI=1S/C22H27NO6/c1-5-28-17-10-7-15(8-11-17)18(14-21(24)29-6-2)23-22(25)16-9-12-19(26-3)20(13-16)27-4/h7-13,18H,5-6,14H2,1-4H3,(H,23,25)/t18-/m0/s1. The van der Waals surface area contributed by atoms with Crippen LogP contribution >= 0.6 is 0 Å². The van der Waals surface area contributed by atoms with Gasteiger partial charge in [0.05, 0.1) is 39.9 Å². The third-order valence-electron chi connectivity index (χ3n) is 4.22. The lowest BCUT2D eigenvalue weighted by Gasteiger charge is -2.19. The smallest absolute Gasteiger partial charge is 0.308 e. The van der Waals surface area contributed by atoms with E-state index < -0.39 is 6.04 Å². The molecule has 1 N–H and O–H groups in total. The first-order valence-corrected chi connectivity index (χ1v) is 9.43. The number of hydrogen-bond acceptors (Lipinski definition) is 6. The largest absolute Gasteiger partial charge is 0.494 e. The number of ether oxygens (including phenoxy) is 4. The highest BCUT2D eigenvalue weighted by atomic mass is 16.5. The molecule has 2 rings (SSSR count). The first-order valence-electron chi connectivity index (χ1n) is 9.43. The fraction of sp³-hybridized carbons (Fsp3) is 0.364. The second-order valence-corrected chi connectivity index (χ2v) is 6.11. The summed E-state index contributed by atoms with van der Waals surface area (Å²) in [5, 5.41) is 2.90. The Morgan fingerprint density at radius 3 is 2.21 bits per heavy atom. The van der Waals surface area contributed by atoms with Gasteiger partial charge in [-0.3, -0.25) is 9.59 Å². The fourth-order valence-electron chi connectivity index (χ4n) is 2.82. The van der Waals surface area contributed by atoms with Gasteiger partial charge in [0.1, 0.15) is 5.75 Å². The monoisotopic (exact) mass is 401 g/mol. The minimum atomic E-state index is -0.551. The van der Waals surface area contributed by atoms with Gasteiger partial charge in [-0.15, -0.1) is 0 Å². The van der Waals surface area contributed by atoms with E-state index in [0.29, 0.717) is 23.7 Å². The molecule has 7 heteroatoms. The summed E-state index contributed by atoms with van der Waals surface area (Å²) >= 11 is 0. The van der Waals surface area contributed by atoms with Crippen LogP contribution in [0.15, 0.2) is 42.5 Å². The van der Waals surface area contributed by atoms with E-state index in [1.807, 2.05) is 19.1 Å². The molecule has 0 aliphatic heterocycles. The van der Waals surface area contributed by atoms with Crippen LogP contribution in [0.2, 0.25) is 0 Å². The van der Waals surface area contributed by atoms with Gasteiger partial charge >= 0.3 is 5.97 Å². The van der Waals surface area contributed by atoms with E-state index >= 15 is 0 Å². The van der Waals surface area contributed by atoms with E-state index in [4.69, 9.17) is 18.9 Å². The molecule has 0 aliphatic carbocycles. The van der Waals surface area contributed by atoms with Crippen molar-refractivity contribution in [1.82, 2.24) is 5.32 Å². The SMILES string of the molecule is CCOC(=O)C[C@H](NC(=O)c1ccc(OC)c(OC)c1)c1ccc(OCC)cc1. The van der Waals surface area contributed by atoms with Gasteiger partial charge in [0.2, 0.25) is 0 Å². The highest BCUT2D eigenvalue weighted by molar-refractivity contribution is 5.95. The molecule has 7 nitrogen and oxygen atoms in total. The van der Waals surface area contributed by atoms with Crippen LogP contribution in [0, 0.1) is 0 Å². The minimum absolute atomic E-state index is 0.0147. The minimum Gasteiger partial charge on any atom is -0.494 e. The summed E-state index contributed by atoms with van der Waals surface area (Å²) < 4.78 is 21.0. The van der Waals surface area contributed by atoms with Gasteiger partial charge in [0.25, 0.3) is 5.91 Å². The zero-order valence-corrected chi connectivity index (χ0v) is 17.2. The topological polar surface area (TPSA) is 83.1 Å². The maximum atomic E-state index is 12.8. The van der Waals surface area contributed by atoms with E-state index in [-0.39, 0.29) is 24.9 Å². The lowest BCUT2D eigenvalue weighted by molar-refractivity contribution is -0.143. The Labute approximate surface area is 170 Å². The first kappa shape index (κ1) is 22.1. The van der Waals surface area contributed by atoms with E-state index in [0.717, 1.165) is 11.3 Å². The number of carbonyl (C=O) groups is 2. The van der Waals surface area contributed by atoms with Crippen LogP contribution in [0.25, 0.3) is 0 Å². The van der Waals surface area contributed by atoms with E-state index in [2.05, 4.69) is 5.32 Å². The Morgan fingerprint density at radius 1 is 0.931 bits per heavy atom. The molecule has 0 heterocycles. The van der Waals surface area contributed by atoms with Crippen molar-refractivity contribution in [2.45, 2.75) is 26.3 Å². The van der Waals surface area contributed by atoms with Gasteiger partial charge in [-0.05, 0) is 49.7 Å². The number of methoxy groups -OCH3 is 2. The molecule has 0 bridgehead atoms. The Hall–Kier alpha value is -3.22. The predicted molar refractivity (Wildman–Crippen MR) is 109 cm³/mol. The van der Waals surface area contributed by atoms with Crippen LogP contribution in [0.5, 0.6) is 17.2 Å². The molecule has 156 valence electrons. The summed E-state index contributed by atoms with van der Waals surface area (Å²) in [6, 6.07) is 11.6. The van der Waals surface area contributed by atoms with Gasteiger partial charge in [-0.1, -0.05) is 12.1 Å². The van der Waals surface area contributed by atoms with Crippen LogP contribution in [0.4, 0.5) is 0 Å². The normalized spacial score (nSPS) is 11.3.